The lowest BCUT2D eigenvalue weighted by Crippen LogP contribution is -2.28. The van der Waals surface area contributed by atoms with Crippen molar-refractivity contribution in [3.05, 3.63) is 22.3 Å². The summed E-state index contributed by atoms with van der Waals surface area (Å²) in [4.78, 5) is 4.19. The number of aromatic nitrogens is 1. The molecule has 1 aliphatic carbocycles. The Bertz CT molecular complexity index is 389. The highest BCUT2D eigenvalue weighted by atomic mass is 35.5. The average Bonchev–Trinajstić information content (AvgIpc) is 2.77. The van der Waals surface area contributed by atoms with Crippen LogP contribution in [0.25, 0.3) is 0 Å². The predicted molar refractivity (Wildman–Crippen MR) is 74.4 cm³/mol. The van der Waals surface area contributed by atoms with Gasteiger partial charge in [0.05, 0.1) is 10.0 Å². The minimum absolute atomic E-state index is 0.201. The van der Waals surface area contributed by atoms with Crippen molar-refractivity contribution in [2.45, 2.75) is 25.7 Å². The highest BCUT2D eigenvalue weighted by molar-refractivity contribution is 6.35. The molecule has 0 radical (unpaired) electrons. The second-order valence-corrected chi connectivity index (χ2v) is 5.79. The lowest BCUT2D eigenvalue weighted by atomic mass is 9.88. The van der Waals surface area contributed by atoms with Gasteiger partial charge in [0.25, 0.3) is 0 Å². The molecule has 0 aliphatic heterocycles. The maximum absolute atomic E-state index is 6.08. The van der Waals surface area contributed by atoms with Crippen LogP contribution in [0.15, 0.2) is 12.3 Å². The molecule has 1 saturated carbocycles. The van der Waals surface area contributed by atoms with Gasteiger partial charge in [-0.3, -0.25) is 0 Å². The third-order valence-electron chi connectivity index (χ3n) is 3.39. The molecule has 0 bridgehead atoms. The maximum atomic E-state index is 6.08. The Hall–Kier alpha value is -0.180. The summed E-state index contributed by atoms with van der Waals surface area (Å²) >= 11 is 17.9. The van der Waals surface area contributed by atoms with Gasteiger partial charge in [0.1, 0.15) is 5.82 Å². The van der Waals surface area contributed by atoms with E-state index in [1.165, 1.54) is 25.7 Å². The molecule has 2 nitrogen and oxygen atoms in total. The standard InChI is InChI=1S/C12H15Cl3N2/c13-7-12(3-1-2-4-12)8-17-11-10(15)5-9(14)6-16-11/h5-6H,1-4,7-8H2,(H,16,17). The molecule has 0 aromatic carbocycles. The summed E-state index contributed by atoms with van der Waals surface area (Å²) in [5.74, 6) is 1.37. The normalized spacial score (nSPS) is 18.3. The van der Waals surface area contributed by atoms with Crippen LogP contribution in [0, 0.1) is 5.41 Å². The van der Waals surface area contributed by atoms with Crippen LogP contribution in [0.4, 0.5) is 5.82 Å². The summed E-state index contributed by atoms with van der Waals surface area (Å²) in [6, 6.07) is 1.69. The number of alkyl halides is 1. The topological polar surface area (TPSA) is 24.9 Å². The number of pyridine rings is 1. The Morgan fingerprint density at radius 1 is 1.29 bits per heavy atom. The van der Waals surface area contributed by atoms with Crippen molar-refractivity contribution >= 4 is 40.6 Å². The van der Waals surface area contributed by atoms with Crippen molar-refractivity contribution in [3.8, 4) is 0 Å². The Labute approximate surface area is 117 Å². The molecular weight excluding hydrogens is 279 g/mol. The van der Waals surface area contributed by atoms with E-state index in [1.807, 2.05) is 0 Å². The molecule has 94 valence electrons. The van der Waals surface area contributed by atoms with Gasteiger partial charge < -0.3 is 5.32 Å². The molecular formula is C12H15Cl3N2. The Kier molecular flexibility index (Phi) is 4.40. The lowest BCUT2D eigenvalue weighted by Gasteiger charge is -2.26. The van der Waals surface area contributed by atoms with Gasteiger partial charge in [0, 0.05) is 24.0 Å². The second kappa shape index (κ2) is 5.64. The van der Waals surface area contributed by atoms with Gasteiger partial charge in [0.15, 0.2) is 0 Å². The number of halogens is 3. The first-order valence-corrected chi connectivity index (χ1v) is 7.05. The minimum Gasteiger partial charge on any atom is -0.368 e. The van der Waals surface area contributed by atoms with Gasteiger partial charge in [-0.15, -0.1) is 11.6 Å². The second-order valence-electron chi connectivity index (χ2n) is 4.68. The summed E-state index contributed by atoms with van der Waals surface area (Å²) in [5, 5.41) is 4.39. The number of rotatable bonds is 4. The molecule has 5 heteroatoms. The fourth-order valence-corrected chi connectivity index (χ4v) is 3.11. The van der Waals surface area contributed by atoms with Crippen molar-refractivity contribution in [1.82, 2.24) is 4.98 Å². The lowest BCUT2D eigenvalue weighted by molar-refractivity contribution is 0.368. The average molecular weight is 294 g/mol. The molecule has 0 spiro atoms. The van der Waals surface area contributed by atoms with E-state index in [1.54, 1.807) is 12.3 Å². The predicted octanol–water partition coefficient (Wildman–Crippen LogP) is 4.60. The molecule has 1 fully saturated rings. The molecule has 1 aromatic heterocycles. The largest absolute Gasteiger partial charge is 0.368 e. The molecule has 0 amide bonds. The van der Waals surface area contributed by atoms with Gasteiger partial charge in [-0.2, -0.15) is 0 Å². The zero-order valence-corrected chi connectivity index (χ0v) is 11.7. The molecule has 1 N–H and O–H groups in total. The third-order valence-corrected chi connectivity index (χ3v) is 4.45. The van der Waals surface area contributed by atoms with Gasteiger partial charge >= 0.3 is 0 Å². The van der Waals surface area contributed by atoms with Crippen LogP contribution >= 0.6 is 34.8 Å². The quantitative estimate of drug-likeness (QED) is 0.821. The Morgan fingerprint density at radius 2 is 2.00 bits per heavy atom. The molecule has 0 saturated heterocycles. The van der Waals surface area contributed by atoms with E-state index in [-0.39, 0.29) is 5.41 Å². The van der Waals surface area contributed by atoms with Crippen LogP contribution in [0.1, 0.15) is 25.7 Å². The minimum atomic E-state index is 0.201. The summed E-state index contributed by atoms with van der Waals surface area (Å²) < 4.78 is 0. The fraction of sp³-hybridized carbons (Fsp3) is 0.583. The number of nitrogens with zero attached hydrogens (tertiary/aromatic N) is 1. The molecule has 1 aromatic rings. The van der Waals surface area contributed by atoms with Crippen LogP contribution in [0.3, 0.4) is 0 Å². The van der Waals surface area contributed by atoms with Crippen LogP contribution in [-0.2, 0) is 0 Å². The van der Waals surface area contributed by atoms with Gasteiger partial charge in [-0.1, -0.05) is 36.0 Å². The summed E-state index contributed by atoms with van der Waals surface area (Å²) in [6.07, 6.45) is 6.47. The first-order chi connectivity index (χ1) is 8.15. The molecule has 1 heterocycles. The van der Waals surface area contributed by atoms with Crippen LogP contribution in [0.5, 0.6) is 0 Å². The number of hydrogen-bond donors (Lipinski definition) is 1. The first-order valence-electron chi connectivity index (χ1n) is 5.76. The summed E-state index contributed by atoms with van der Waals surface area (Å²) in [7, 11) is 0. The van der Waals surface area contributed by atoms with E-state index >= 15 is 0 Å². The van der Waals surface area contributed by atoms with E-state index in [0.717, 1.165) is 6.54 Å². The zero-order valence-electron chi connectivity index (χ0n) is 9.48. The summed E-state index contributed by atoms with van der Waals surface area (Å²) in [5.41, 5.74) is 0.201. The monoisotopic (exact) mass is 292 g/mol. The number of hydrogen-bond acceptors (Lipinski definition) is 2. The SMILES string of the molecule is ClCC1(CNc2ncc(Cl)cc2Cl)CCCC1. The van der Waals surface area contributed by atoms with Crippen LogP contribution in [0.2, 0.25) is 10.0 Å². The molecule has 0 atom stereocenters. The fourth-order valence-electron chi connectivity index (χ4n) is 2.30. The van der Waals surface area contributed by atoms with Crippen molar-refractivity contribution in [2.24, 2.45) is 5.41 Å². The van der Waals surface area contributed by atoms with Crippen molar-refractivity contribution in [2.75, 3.05) is 17.7 Å². The van der Waals surface area contributed by atoms with Gasteiger partial charge in [-0.25, -0.2) is 4.98 Å². The Morgan fingerprint density at radius 3 is 2.59 bits per heavy atom. The van der Waals surface area contributed by atoms with E-state index in [0.29, 0.717) is 21.7 Å². The van der Waals surface area contributed by atoms with Gasteiger partial charge in [-0.05, 0) is 18.9 Å². The van der Waals surface area contributed by atoms with E-state index in [9.17, 15) is 0 Å². The molecule has 17 heavy (non-hydrogen) atoms. The zero-order chi connectivity index (χ0) is 12.3. The van der Waals surface area contributed by atoms with Crippen molar-refractivity contribution in [3.63, 3.8) is 0 Å². The summed E-state index contributed by atoms with van der Waals surface area (Å²) in [6.45, 7) is 0.824. The maximum Gasteiger partial charge on any atom is 0.144 e. The van der Waals surface area contributed by atoms with E-state index < -0.39 is 0 Å². The van der Waals surface area contributed by atoms with E-state index in [2.05, 4.69) is 10.3 Å². The van der Waals surface area contributed by atoms with Crippen molar-refractivity contribution in [1.29, 1.82) is 0 Å². The third kappa shape index (κ3) is 3.18. The molecule has 0 unspecified atom stereocenters. The number of nitrogens with one attached hydrogen (secondary N) is 1. The van der Waals surface area contributed by atoms with Crippen molar-refractivity contribution < 1.29 is 0 Å². The first kappa shape index (κ1) is 13.3. The highest BCUT2D eigenvalue weighted by Crippen LogP contribution is 2.39. The Balaban J connectivity index is 2.01. The van der Waals surface area contributed by atoms with E-state index in [4.69, 9.17) is 34.8 Å². The van der Waals surface area contributed by atoms with Crippen LogP contribution < -0.4 is 5.32 Å². The smallest absolute Gasteiger partial charge is 0.144 e. The van der Waals surface area contributed by atoms with Crippen LogP contribution in [-0.4, -0.2) is 17.4 Å². The number of anilines is 1. The molecule has 2 rings (SSSR count). The molecule has 1 aliphatic rings. The highest BCUT2D eigenvalue weighted by Gasteiger charge is 2.32. The van der Waals surface area contributed by atoms with Gasteiger partial charge in [0.2, 0.25) is 0 Å².